The number of allylic oxidation sites excluding steroid dienone is 18. The molecule has 374 valence electrons. The second-order valence-corrected chi connectivity index (χ2v) is 17.4. The first-order chi connectivity index (χ1) is 32.5. The Hall–Kier alpha value is -3.93. The zero-order valence-corrected chi connectivity index (χ0v) is 42.7. The average Bonchev–Trinajstić information content (AvgIpc) is 3.31. The van der Waals surface area contributed by atoms with Crippen LogP contribution in [0.25, 0.3) is 0 Å². The fourth-order valence-electron chi connectivity index (χ4n) is 7.00. The molecule has 0 aliphatic carbocycles. The lowest BCUT2D eigenvalue weighted by Crippen LogP contribution is -2.30. The van der Waals surface area contributed by atoms with Gasteiger partial charge in [-0.1, -0.05) is 226 Å². The Morgan fingerprint density at radius 3 is 1.05 bits per heavy atom. The Morgan fingerprint density at radius 1 is 0.318 bits per heavy atom. The van der Waals surface area contributed by atoms with Crippen molar-refractivity contribution in [2.75, 3.05) is 13.2 Å². The topological polar surface area (TPSA) is 78.9 Å². The van der Waals surface area contributed by atoms with Crippen molar-refractivity contribution >= 4 is 17.9 Å². The highest BCUT2D eigenvalue weighted by Crippen LogP contribution is 2.14. The molecule has 66 heavy (non-hydrogen) atoms. The molecule has 0 fully saturated rings. The van der Waals surface area contributed by atoms with Gasteiger partial charge in [0, 0.05) is 19.3 Å². The maximum absolute atomic E-state index is 12.8. The van der Waals surface area contributed by atoms with E-state index < -0.39 is 6.10 Å². The van der Waals surface area contributed by atoms with E-state index in [1.54, 1.807) is 0 Å². The van der Waals surface area contributed by atoms with Gasteiger partial charge in [-0.05, 0) is 96.3 Å². The van der Waals surface area contributed by atoms with E-state index in [9.17, 15) is 14.4 Å². The molecule has 1 atom stereocenters. The largest absolute Gasteiger partial charge is 0.462 e. The lowest BCUT2D eigenvalue weighted by atomic mass is 10.1. The summed E-state index contributed by atoms with van der Waals surface area (Å²) >= 11 is 0. The van der Waals surface area contributed by atoms with Gasteiger partial charge in [0.05, 0.1) is 0 Å². The number of unbranched alkanes of at least 4 members (excludes halogenated alkanes) is 18. The summed E-state index contributed by atoms with van der Waals surface area (Å²) in [5, 5.41) is 0. The number of ether oxygens (including phenoxy) is 3. The monoisotopic (exact) mass is 915 g/mol. The molecular weight excluding hydrogens is 817 g/mol. The predicted molar refractivity (Wildman–Crippen MR) is 283 cm³/mol. The normalized spacial score (nSPS) is 13.0. The molecule has 1 unspecified atom stereocenters. The van der Waals surface area contributed by atoms with Crippen molar-refractivity contribution in [2.24, 2.45) is 0 Å². The van der Waals surface area contributed by atoms with Crippen LogP contribution in [-0.4, -0.2) is 37.2 Å². The summed E-state index contributed by atoms with van der Waals surface area (Å²) in [6, 6.07) is 0. The van der Waals surface area contributed by atoms with Crippen LogP contribution < -0.4 is 0 Å². The number of esters is 3. The fraction of sp³-hybridized carbons (Fsp3) is 0.650. The van der Waals surface area contributed by atoms with Crippen molar-refractivity contribution in [2.45, 2.75) is 239 Å². The van der Waals surface area contributed by atoms with Crippen molar-refractivity contribution in [3.05, 3.63) is 109 Å². The Balaban J connectivity index is 4.49. The van der Waals surface area contributed by atoms with Crippen LogP contribution in [0.1, 0.15) is 233 Å². The van der Waals surface area contributed by atoms with E-state index in [2.05, 4.69) is 124 Å². The fourth-order valence-corrected chi connectivity index (χ4v) is 7.00. The van der Waals surface area contributed by atoms with Gasteiger partial charge in [0.25, 0.3) is 0 Å². The third-order valence-corrected chi connectivity index (χ3v) is 11.0. The van der Waals surface area contributed by atoms with E-state index in [4.69, 9.17) is 14.2 Å². The van der Waals surface area contributed by atoms with Crippen LogP contribution in [0.3, 0.4) is 0 Å². The Labute approximate surface area is 406 Å². The molecule has 0 heterocycles. The lowest BCUT2D eigenvalue weighted by molar-refractivity contribution is -0.166. The molecule has 0 aliphatic rings. The van der Waals surface area contributed by atoms with Crippen LogP contribution in [0.5, 0.6) is 0 Å². The second-order valence-electron chi connectivity index (χ2n) is 17.4. The minimum absolute atomic E-state index is 0.107. The summed E-state index contributed by atoms with van der Waals surface area (Å²) in [5.74, 6) is -1.01. The molecule has 0 amide bonds. The summed E-state index contributed by atoms with van der Waals surface area (Å²) in [6.45, 7) is 6.40. The molecule has 6 nitrogen and oxygen atoms in total. The van der Waals surface area contributed by atoms with Gasteiger partial charge in [0.2, 0.25) is 0 Å². The summed E-state index contributed by atoms with van der Waals surface area (Å²) in [6.07, 6.45) is 72.3. The summed E-state index contributed by atoms with van der Waals surface area (Å²) < 4.78 is 16.7. The van der Waals surface area contributed by atoms with Gasteiger partial charge in [0.15, 0.2) is 6.10 Å². The highest BCUT2D eigenvalue weighted by atomic mass is 16.6. The Bertz CT molecular complexity index is 1370. The van der Waals surface area contributed by atoms with Crippen LogP contribution in [0.15, 0.2) is 109 Å². The van der Waals surface area contributed by atoms with E-state index in [0.29, 0.717) is 19.3 Å². The van der Waals surface area contributed by atoms with Gasteiger partial charge >= 0.3 is 17.9 Å². The summed E-state index contributed by atoms with van der Waals surface area (Å²) in [4.78, 5) is 38.0. The average molecular weight is 915 g/mol. The smallest absolute Gasteiger partial charge is 0.306 e. The molecular formula is C60H98O6. The van der Waals surface area contributed by atoms with Crippen LogP contribution in [0.4, 0.5) is 0 Å². The lowest BCUT2D eigenvalue weighted by Gasteiger charge is -2.18. The van der Waals surface area contributed by atoms with Gasteiger partial charge in [0.1, 0.15) is 13.2 Å². The first kappa shape index (κ1) is 62.1. The second kappa shape index (κ2) is 53.7. The summed E-state index contributed by atoms with van der Waals surface area (Å²) in [5.41, 5.74) is 0. The van der Waals surface area contributed by atoms with E-state index >= 15 is 0 Å². The van der Waals surface area contributed by atoms with Crippen LogP contribution in [-0.2, 0) is 28.6 Å². The van der Waals surface area contributed by atoms with Crippen molar-refractivity contribution in [1.82, 2.24) is 0 Å². The standard InChI is InChI=1S/C60H98O6/c1-4-7-10-13-16-19-22-24-26-28-30-32-34-36-38-41-44-47-50-53-59(62)65-56-57(55-64-58(61)52-49-46-43-40-21-18-15-12-9-6-3)66-60(63)54-51-48-45-42-39-37-35-33-31-29-27-25-23-20-17-14-11-8-5-2/h7,10,16-17,19-20,24-27,30-33,36,38,44,47,57H,4-6,8-9,11-15,18,21-23,28-29,34-35,37,39-43,45-46,48-56H2,1-3H3/b10-7-,19-16-,20-17-,26-24-,27-25-,32-30-,33-31-,38-36-,47-44-. The molecule has 0 aromatic rings. The molecule has 0 rings (SSSR count). The van der Waals surface area contributed by atoms with E-state index in [0.717, 1.165) is 103 Å². The van der Waals surface area contributed by atoms with Gasteiger partial charge in [-0.25, -0.2) is 0 Å². The third-order valence-electron chi connectivity index (χ3n) is 11.0. The SMILES string of the molecule is CC/C=C\C/C=C\C/C=C\C/C=C\C/C=C\C/C=C\CCC(=O)OCC(COC(=O)CCCCCCCCCCCC)OC(=O)CCCCCCCC/C=C\C/C=C\C/C=C\CCCCC. The van der Waals surface area contributed by atoms with Gasteiger partial charge < -0.3 is 14.2 Å². The maximum atomic E-state index is 12.8. The molecule has 0 radical (unpaired) electrons. The van der Waals surface area contributed by atoms with Crippen LogP contribution in [0, 0.1) is 0 Å². The van der Waals surface area contributed by atoms with Crippen LogP contribution >= 0.6 is 0 Å². The Kier molecular flexibility index (Phi) is 50.5. The molecule has 0 saturated carbocycles. The van der Waals surface area contributed by atoms with Crippen molar-refractivity contribution in [1.29, 1.82) is 0 Å². The van der Waals surface area contributed by atoms with Gasteiger partial charge in [-0.3, -0.25) is 14.4 Å². The first-order valence-corrected chi connectivity index (χ1v) is 26.9. The molecule has 6 heteroatoms. The highest BCUT2D eigenvalue weighted by Gasteiger charge is 2.19. The molecule has 0 saturated heterocycles. The molecule has 0 bridgehead atoms. The van der Waals surface area contributed by atoms with E-state index in [1.807, 2.05) is 6.08 Å². The zero-order valence-electron chi connectivity index (χ0n) is 42.7. The van der Waals surface area contributed by atoms with E-state index in [-0.39, 0.29) is 37.5 Å². The third kappa shape index (κ3) is 51.1. The zero-order chi connectivity index (χ0) is 47.9. The number of carbonyl (C=O) groups is 3. The minimum atomic E-state index is -0.815. The van der Waals surface area contributed by atoms with Gasteiger partial charge in [-0.2, -0.15) is 0 Å². The van der Waals surface area contributed by atoms with Crippen molar-refractivity contribution in [3.63, 3.8) is 0 Å². The first-order valence-electron chi connectivity index (χ1n) is 26.9. The number of hydrogen-bond acceptors (Lipinski definition) is 6. The number of rotatable bonds is 47. The minimum Gasteiger partial charge on any atom is -0.462 e. The van der Waals surface area contributed by atoms with Crippen molar-refractivity contribution < 1.29 is 28.6 Å². The van der Waals surface area contributed by atoms with Gasteiger partial charge in [-0.15, -0.1) is 0 Å². The predicted octanol–water partition coefficient (Wildman–Crippen LogP) is 17.9. The molecule has 0 aromatic carbocycles. The highest BCUT2D eigenvalue weighted by molar-refractivity contribution is 5.71. The molecule has 0 aromatic heterocycles. The molecule has 0 spiro atoms. The van der Waals surface area contributed by atoms with Crippen LogP contribution in [0.2, 0.25) is 0 Å². The van der Waals surface area contributed by atoms with E-state index in [1.165, 1.54) is 83.5 Å². The van der Waals surface area contributed by atoms with Crippen molar-refractivity contribution in [3.8, 4) is 0 Å². The summed E-state index contributed by atoms with van der Waals surface area (Å²) in [7, 11) is 0. The number of hydrogen-bond donors (Lipinski definition) is 0. The quantitative estimate of drug-likeness (QED) is 0.0262. The maximum Gasteiger partial charge on any atom is 0.306 e. The molecule has 0 aliphatic heterocycles. The molecule has 0 N–H and O–H groups in total. The number of carbonyl (C=O) groups excluding carboxylic acids is 3. The Morgan fingerprint density at radius 2 is 0.621 bits per heavy atom.